The molecule has 0 aliphatic heterocycles. The smallest absolute Gasteiger partial charge is 0.359 e. The van der Waals surface area contributed by atoms with Gasteiger partial charge in [-0.25, -0.2) is 4.79 Å². The van der Waals surface area contributed by atoms with Gasteiger partial charge >= 0.3 is 5.97 Å². The van der Waals surface area contributed by atoms with Crippen LogP contribution in [0.3, 0.4) is 0 Å². The maximum absolute atomic E-state index is 11.6. The van der Waals surface area contributed by atoms with Crippen molar-refractivity contribution in [2.24, 2.45) is 0 Å². The van der Waals surface area contributed by atoms with Crippen LogP contribution in [0.25, 0.3) is 0 Å². The van der Waals surface area contributed by atoms with Crippen molar-refractivity contribution >= 4 is 5.97 Å². The van der Waals surface area contributed by atoms with Crippen LogP contribution in [-0.4, -0.2) is 41.7 Å². The zero-order chi connectivity index (χ0) is 19.5. The van der Waals surface area contributed by atoms with Crippen LogP contribution in [0.15, 0.2) is 0 Å². The quantitative estimate of drug-likeness (QED) is 0.189. The van der Waals surface area contributed by atoms with E-state index in [2.05, 4.69) is 20.8 Å². The Kier molecular flexibility index (Phi) is 17.4. The van der Waals surface area contributed by atoms with E-state index < -0.39 is 5.97 Å². The molecular formula is C23H48NO2+. The molecule has 3 nitrogen and oxygen atoms in total. The van der Waals surface area contributed by atoms with Crippen molar-refractivity contribution in [3.05, 3.63) is 0 Å². The molecule has 0 bridgehead atoms. The highest BCUT2D eigenvalue weighted by Crippen LogP contribution is 2.18. The van der Waals surface area contributed by atoms with Gasteiger partial charge in [-0.05, 0) is 38.5 Å². The van der Waals surface area contributed by atoms with Crippen molar-refractivity contribution in [3.8, 4) is 0 Å². The van der Waals surface area contributed by atoms with Crippen molar-refractivity contribution in [1.82, 2.24) is 0 Å². The molecule has 0 aromatic carbocycles. The molecule has 3 heteroatoms. The number of unbranched alkanes of at least 4 members (excludes halogenated alkanes) is 12. The Bertz CT molecular complexity index is 281. The molecule has 0 aromatic heterocycles. The lowest BCUT2D eigenvalue weighted by Crippen LogP contribution is -2.53. The van der Waals surface area contributed by atoms with Gasteiger partial charge in [0.2, 0.25) is 0 Å². The molecule has 0 saturated heterocycles. The van der Waals surface area contributed by atoms with Gasteiger partial charge < -0.3 is 9.59 Å². The highest BCUT2D eigenvalue weighted by Gasteiger charge is 2.29. The maximum atomic E-state index is 11.6. The van der Waals surface area contributed by atoms with Crippen LogP contribution in [0.5, 0.6) is 0 Å². The second kappa shape index (κ2) is 17.8. The average molecular weight is 371 g/mol. The Hall–Kier alpha value is -0.570. The summed E-state index contributed by atoms with van der Waals surface area (Å²) in [5.74, 6) is -0.610. The summed E-state index contributed by atoms with van der Waals surface area (Å²) in [5, 5.41) is 9.56. The van der Waals surface area contributed by atoms with Gasteiger partial charge in [-0.15, -0.1) is 0 Å². The molecule has 0 heterocycles. The summed E-state index contributed by atoms with van der Waals surface area (Å²) in [6, 6.07) is 0. The molecule has 0 amide bonds. The largest absolute Gasteiger partial charge is 0.477 e. The lowest BCUT2D eigenvalue weighted by atomic mass is 10.1. The molecule has 0 aliphatic carbocycles. The summed E-state index contributed by atoms with van der Waals surface area (Å²) < 4.78 is 0.833. The minimum absolute atomic E-state index is 0.329. The molecular weight excluding hydrogens is 322 g/mol. The molecule has 0 unspecified atom stereocenters. The highest BCUT2D eigenvalue weighted by atomic mass is 16.4. The molecule has 0 spiro atoms. The number of aliphatic carboxylic acids is 1. The van der Waals surface area contributed by atoms with E-state index in [1.54, 1.807) is 0 Å². The first kappa shape index (κ1) is 25.4. The van der Waals surface area contributed by atoms with Gasteiger partial charge in [0, 0.05) is 0 Å². The fraction of sp³-hybridized carbons (Fsp3) is 0.957. The lowest BCUT2D eigenvalue weighted by molar-refractivity contribution is -0.922. The lowest BCUT2D eigenvalue weighted by Gasteiger charge is -2.38. The Balaban J connectivity index is 4.61. The van der Waals surface area contributed by atoms with Crippen molar-refractivity contribution in [2.75, 3.05) is 26.2 Å². The second-order valence-corrected chi connectivity index (χ2v) is 8.31. The molecule has 156 valence electrons. The van der Waals surface area contributed by atoms with Crippen LogP contribution in [0.2, 0.25) is 0 Å². The molecule has 0 fully saturated rings. The predicted octanol–water partition coefficient (Wildman–Crippen LogP) is 6.80. The molecule has 0 aromatic rings. The van der Waals surface area contributed by atoms with Crippen molar-refractivity contribution in [2.45, 2.75) is 117 Å². The third-order valence-corrected chi connectivity index (χ3v) is 5.68. The van der Waals surface area contributed by atoms with E-state index in [1.165, 1.54) is 96.3 Å². The van der Waals surface area contributed by atoms with Gasteiger partial charge in [0.05, 0.1) is 19.6 Å². The minimum Gasteiger partial charge on any atom is -0.477 e. The van der Waals surface area contributed by atoms with Crippen molar-refractivity contribution in [3.63, 3.8) is 0 Å². The van der Waals surface area contributed by atoms with E-state index in [4.69, 9.17) is 0 Å². The van der Waals surface area contributed by atoms with Gasteiger partial charge in [0.25, 0.3) is 0 Å². The van der Waals surface area contributed by atoms with Gasteiger partial charge in [-0.2, -0.15) is 0 Å². The first-order valence-corrected chi connectivity index (χ1v) is 11.7. The van der Waals surface area contributed by atoms with E-state index >= 15 is 0 Å². The van der Waals surface area contributed by atoms with E-state index in [0.29, 0.717) is 6.54 Å². The number of hydrogen-bond acceptors (Lipinski definition) is 1. The SMILES string of the molecule is CCCCCCC[N+](CCCCCCC)(CCCCCCC)CC(=O)O. The summed E-state index contributed by atoms with van der Waals surface area (Å²) in [4.78, 5) is 11.6. The summed E-state index contributed by atoms with van der Waals surface area (Å²) >= 11 is 0. The number of rotatable bonds is 20. The Labute approximate surface area is 164 Å². The van der Waals surface area contributed by atoms with E-state index in [-0.39, 0.29) is 0 Å². The number of hydrogen-bond donors (Lipinski definition) is 1. The zero-order valence-electron chi connectivity index (χ0n) is 18.2. The first-order valence-electron chi connectivity index (χ1n) is 11.7. The monoisotopic (exact) mass is 370 g/mol. The van der Waals surface area contributed by atoms with Crippen molar-refractivity contribution in [1.29, 1.82) is 0 Å². The number of carbonyl (C=O) groups is 1. The summed E-state index contributed by atoms with van der Waals surface area (Å²) in [5.41, 5.74) is 0. The van der Waals surface area contributed by atoms with E-state index in [0.717, 1.165) is 24.1 Å². The number of quaternary nitrogens is 1. The highest BCUT2D eigenvalue weighted by molar-refractivity contribution is 5.67. The van der Waals surface area contributed by atoms with E-state index in [1.807, 2.05) is 0 Å². The molecule has 0 radical (unpaired) electrons. The molecule has 0 saturated carbocycles. The van der Waals surface area contributed by atoms with Crippen LogP contribution in [0.1, 0.15) is 117 Å². The topological polar surface area (TPSA) is 37.3 Å². The van der Waals surface area contributed by atoms with Crippen molar-refractivity contribution < 1.29 is 14.4 Å². The standard InChI is InChI=1S/C23H47NO2/c1-4-7-10-13-16-19-24(22-23(25)26,20-17-14-11-8-5-2)21-18-15-12-9-6-3/h4-22H2,1-3H3/p+1. The van der Waals surface area contributed by atoms with Crippen LogP contribution >= 0.6 is 0 Å². The number of carboxylic acids is 1. The fourth-order valence-corrected chi connectivity index (χ4v) is 4.01. The van der Waals surface area contributed by atoms with Crippen LogP contribution in [-0.2, 0) is 4.79 Å². The van der Waals surface area contributed by atoms with Crippen LogP contribution in [0.4, 0.5) is 0 Å². The summed E-state index contributed by atoms with van der Waals surface area (Å²) in [7, 11) is 0. The van der Waals surface area contributed by atoms with Gasteiger partial charge in [-0.1, -0.05) is 78.6 Å². The zero-order valence-corrected chi connectivity index (χ0v) is 18.2. The van der Waals surface area contributed by atoms with Gasteiger partial charge in [-0.3, -0.25) is 0 Å². The normalized spacial score (nSPS) is 11.8. The third kappa shape index (κ3) is 14.6. The summed E-state index contributed by atoms with van der Waals surface area (Å²) in [6.45, 7) is 10.3. The number of carboxylic acid groups (broad SMARTS) is 1. The molecule has 0 aliphatic rings. The third-order valence-electron chi connectivity index (χ3n) is 5.68. The van der Waals surface area contributed by atoms with Crippen LogP contribution < -0.4 is 0 Å². The minimum atomic E-state index is -0.610. The Morgan fingerprint density at radius 1 is 0.577 bits per heavy atom. The second-order valence-electron chi connectivity index (χ2n) is 8.31. The first-order chi connectivity index (χ1) is 12.6. The fourth-order valence-electron chi connectivity index (χ4n) is 4.01. The molecule has 26 heavy (non-hydrogen) atoms. The molecule has 1 N–H and O–H groups in total. The Morgan fingerprint density at radius 3 is 1.15 bits per heavy atom. The van der Waals surface area contributed by atoms with Gasteiger partial charge in [0.1, 0.15) is 0 Å². The Morgan fingerprint density at radius 2 is 0.885 bits per heavy atom. The molecule has 0 atom stereocenters. The van der Waals surface area contributed by atoms with Gasteiger partial charge in [0.15, 0.2) is 6.54 Å². The maximum Gasteiger partial charge on any atom is 0.359 e. The molecule has 0 rings (SSSR count). The number of nitrogens with zero attached hydrogens (tertiary/aromatic N) is 1. The van der Waals surface area contributed by atoms with Crippen LogP contribution in [0, 0.1) is 0 Å². The average Bonchev–Trinajstić information content (AvgIpc) is 2.60. The van der Waals surface area contributed by atoms with E-state index in [9.17, 15) is 9.90 Å². The summed E-state index contributed by atoms with van der Waals surface area (Å²) in [6.07, 6.45) is 19.0. The predicted molar refractivity (Wildman–Crippen MR) is 114 cm³/mol.